The van der Waals surface area contributed by atoms with Gasteiger partial charge in [0, 0.05) is 32.7 Å². The average Bonchev–Trinajstić information content (AvgIpc) is 2.74. The molecule has 0 bridgehead atoms. The third kappa shape index (κ3) is 5.40. The molecule has 5 nitrogen and oxygen atoms in total. The SMILES string of the molecule is CCN(CC(=O)N1CCN(c2ccccc2Cl)CC1)Cc1ccc(OC)c(F)c1. The second-order valence-electron chi connectivity index (χ2n) is 7.09. The van der Waals surface area contributed by atoms with Gasteiger partial charge in [0.15, 0.2) is 11.6 Å². The molecule has 1 heterocycles. The molecule has 156 valence electrons. The molecule has 1 amide bonds. The first-order valence-electron chi connectivity index (χ1n) is 9.83. The number of hydrogen-bond donors (Lipinski definition) is 0. The van der Waals surface area contributed by atoms with Gasteiger partial charge in [-0.3, -0.25) is 9.69 Å². The van der Waals surface area contributed by atoms with Crippen molar-refractivity contribution in [3.8, 4) is 5.75 Å². The summed E-state index contributed by atoms with van der Waals surface area (Å²) in [6.45, 7) is 6.38. The summed E-state index contributed by atoms with van der Waals surface area (Å²) in [6, 6.07) is 12.7. The summed E-state index contributed by atoms with van der Waals surface area (Å²) in [7, 11) is 1.45. The molecule has 7 heteroatoms. The summed E-state index contributed by atoms with van der Waals surface area (Å²) in [5.74, 6) is -0.0630. The lowest BCUT2D eigenvalue weighted by molar-refractivity contribution is -0.132. The van der Waals surface area contributed by atoms with Crippen molar-refractivity contribution in [2.45, 2.75) is 13.5 Å². The molecule has 0 atom stereocenters. The molecule has 0 aromatic heterocycles. The highest BCUT2D eigenvalue weighted by Gasteiger charge is 2.23. The molecule has 1 fully saturated rings. The maximum absolute atomic E-state index is 13.9. The number of likely N-dealkylation sites (N-methyl/N-ethyl adjacent to an activating group) is 1. The Hall–Kier alpha value is -2.31. The summed E-state index contributed by atoms with van der Waals surface area (Å²) in [5, 5.41) is 0.733. The van der Waals surface area contributed by atoms with E-state index in [1.54, 1.807) is 6.07 Å². The lowest BCUT2D eigenvalue weighted by Crippen LogP contribution is -2.51. The van der Waals surface area contributed by atoms with E-state index in [1.807, 2.05) is 47.1 Å². The number of halogens is 2. The standard InChI is InChI=1S/C22H27ClFN3O2/c1-3-25(15-17-8-9-21(29-2)19(24)14-17)16-22(28)27-12-10-26(11-13-27)20-7-5-4-6-18(20)23/h4-9,14H,3,10-13,15-16H2,1-2H3. The van der Waals surface area contributed by atoms with Crippen molar-refractivity contribution in [1.29, 1.82) is 0 Å². The van der Waals surface area contributed by atoms with Crippen LogP contribution in [0.5, 0.6) is 5.75 Å². The molecule has 3 rings (SSSR count). The van der Waals surface area contributed by atoms with E-state index in [0.717, 1.165) is 29.4 Å². The highest BCUT2D eigenvalue weighted by molar-refractivity contribution is 6.33. The Bertz CT molecular complexity index is 841. The summed E-state index contributed by atoms with van der Waals surface area (Å²) < 4.78 is 18.9. The summed E-state index contributed by atoms with van der Waals surface area (Å²) >= 11 is 6.29. The predicted molar refractivity (Wildman–Crippen MR) is 114 cm³/mol. The third-order valence-corrected chi connectivity index (χ3v) is 5.57. The van der Waals surface area contributed by atoms with Crippen LogP contribution in [0.2, 0.25) is 5.02 Å². The minimum absolute atomic E-state index is 0.0969. The first kappa shape index (κ1) is 21.4. The summed E-state index contributed by atoms with van der Waals surface area (Å²) in [6.07, 6.45) is 0. The maximum atomic E-state index is 13.9. The number of piperazine rings is 1. The number of ether oxygens (including phenoxy) is 1. The molecule has 1 aliphatic heterocycles. The molecule has 29 heavy (non-hydrogen) atoms. The number of rotatable bonds is 7. The number of carbonyl (C=O) groups excluding carboxylic acids is 1. The van der Waals surface area contributed by atoms with Crippen molar-refractivity contribution in [3.05, 3.63) is 58.9 Å². The molecule has 1 saturated heterocycles. The smallest absolute Gasteiger partial charge is 0.236 e. The van der Waals surface area contributed by atoms with E-state index < -0.39 is 0 Å². The van der Waals surface area contributed by atoms with Crippen molar-refractivity contribution >= 4 is 23.2 Å². The quantitative estimate of drug-likeness (QED) is 0.686. The average molecular weight is 420 g/mol. The Morgan fingerprint density at radius 3 is 2.52 bits per heavy atom. The van der Waals surface area contributed by atoms with E-state index in [4.69, 9.17) is 16.3 Å². The minimum Gasteiger partial charge on any atom is -0.494 e. The van der Waals surface area contributed by atoms with Crippen LogP contribution in [0.3, 0.4) is 0 Å². The molecule has 0 spiro atoms. The summed E-state index contributed by atoms with van der Waals surface area (Å²) in [4.78, 5) is 18.9. The van der Waals surface area contributed by atoms with Gasteiger partial charge in [-0.2, -0.15) is 0 Å². The van der Waals surface area contributed by atoms with Gasteiger partial charge >= 0.3 is 0 Å². The fourth-order valence-electron chi connectivity index (χ4n) is 3.54. The number of benzene rings is 2. The molecular formula is C22H27ClFN3O2. The largest absolute Gasteiger partial charge is 0.494 e. The molecule has 2 aromatic carbocycles. The highest BCUT2D eigenvalue weighted by Crippen LogP contribution is 2.26. The van der Waals surface area contributed by atoms with E-state index >= 15 is 0 Å². The van der Waals surface area contributed by atoms with E-state index in [2.05, 4.69) is 4.90 Å². The number of para-hydroxylation sites is 1. The lowest BCUT2D eigenvalue weighted by atomic mass is 10.2. The van der Waals surface area contributed by atoms with Crippen LogP contribution in [0.25, 0.3) is 0 Å². The molecule has 0 radical (unpaired) electrons. The van der Waals surface area contributed by atoms with Gasteiger partial charge in [-0.05, 0) is 36.4 Å². The van der Waals surface area contributed by atoms with Crippen molar-refractivity contribution < 1.29 is 13.9 Å². The molecule has 1 aliphatic rings. The molecule has 0 saturated carbocycles. The van der Waals surface area contributed by atoms with Gasteiger partial charge in [0.2, 0.25) is 5.91 Å². The van der Waals surface area contributed by atoms with Crippen LogP contribution in [0.15, 0.2) is 42.5 Å². The van der Waals surface area contributed by atoms with Crippen molar-refractivity contribution in [1.82, 2.24) is 9.80 Å². The van der Waals surface area contributed by atoms with Gasteiger partial charge in [0.1, 0.15) is 0 Å². The Morgan fingerprint density at radius 2 is 1.90 bits per heavy atom. The number of amides is 1. The molecule has 0 aliphatic carbocycles. The lowest BCUT2D eigenvalue weighted by Gasteiger charge is -2.37. The van der Waals surface area contributed by atoms with Crippen molar-refractivity contribution in [2.75, 3.05) is 51.3 Å². The Balaban J connectivity index is 1.54. The van der Waals surface area contributed by atoms with Crippen LogP contribution in [0.1, 0.15) is 12.5 Å². The predicted octanol–water partition coefficient (Wildman–Crippen LogP) is 3.66. The molecule has 0 unspecified atom stereocenters. The van der Waals surface area contributed by atoms with Gasteiger partial charge in [0.05, 0.1) is 24.4 Å². The van der Waals surface area contributed by atoms with Gasteiger partial charge in [0.25, 0.3) is 0 Å². The van der Waals surface area contributed by atoms with Gasteiger partial charge in [-0.1, -0.05) is 36.7 Å². The van der Waals surface area contributed by atoms with Gasteiger partial charge in [-0.15, -0.1) is 0 Å². The zero-order valence-corrected chi connectivity index (χ0v) is 17.7. The fourth-order valence-corrected chi connectivity index (χ4v) is 3.80. The monoisotopic (exact) mass is 419 g/mol. The van der Waals surface area contributed by atoms with Gasteiger partial charge in [-0.25, -0.2) is 4.39 Å². The second kappa shape index (κ2) is 9.94. The topological polar surface area (TPSA) is 36.0 Å². The first-order valence-corrected chi connectivity index (χ1v) is 10.2. The summed E-state index contributed by atoms with van der Waals surface area (Å²) in [5.41, 5.74) is 1.83. The van der Waals surface area contributed by atoms with E-state index in [1.165, 1.54) is 13.2 Å². The van der Waals surface area contributed by atoms with Crippen LogP contribution in [0.4, 0.5) is 10.1 Å². The number of hydrogen-bond acceptors (Lipinski definition) is 4. The van der Waals surface area contributed by atoms with E-state index in [9.17, 15) is 9.18 Å². The normalized spacial score (nSPS) is 14.4. The van der Waals surface area contributed by atoms with Crippen molar-refractivity contribution in [2.24, 2.45) is 0 Å². The van der Waals surface area contributed by atoms with Crippen LogP contribution in [0, 0.1) is 5.82 Å². The van der Waals surface area contributed by atoms with Crippen LogP contribution in [-0.2, 0) is 11.3 Å². The zero-order valence-electron chi connectivity index (χ0n) is 16.9. The number of nitrogens with zero attached hydrogens (tertiary/aromatic N) is 3. The number of carbonyl (C=O) groups is 1. The fraction of sp³-hybridized carbons (Fsp3) is 0.409. The Kier molecular flexibility index (Phi) is 7.34. The molecule has 0 N–H and O–H groups in total. The zero-order chi connectivity index (χ0) is 20.8. The Morgan fingerprint density at radius 1 is 1.17 bits per heavy atom. The number of methoxy groups -OCH3 is 1. The van der Waals surface area contributed by atoms with E-state index in [0.29, 0.717) is 32.7 Å². The van der Waals surface area contributed by atoms with Gasteiger partial charge < -0.3 is 14.5 Å². The van der Waals surface area contributed by atoms with E-state index in [-0.39, 0.29) is 17.5 Å². The van der Waals surface area contributed by atoms with Crippen molar-refractivity contribution in [3.63, 3.8) is 0 Å². The second-order valence-corrected chi connectivity index (χ2v) is 7.50. The Labute approximate surface area is 176 Å². The van der Waals surface area contributed by atoms with Crippen LogP contribution < -0.4 is 9.64 Å². The molecular weight excluding hydrogens is 393 g/mol. The van der Waals surface area contributed by atoms with Crippen LogP contribution in [-0.4, -0.2) is 62.1 Å². The first-order chi connectivity index (χ1) is 14.0. The number of anilines is 1. The third-order valence-electron chi connectivity index (χ3n) is 5.25. The minimum atomic E-state index is -0.386. The maximum Gasteiger partial charge on any atom is 0.236 e. The molecule has 2 aromatic rings. The van der Waals surface area contributed by atoms with Crippen LogP contribution >= 0.6 is 11.6 Å². The highest BCUT2D eigenvalue weighted by atomic mass is 35.5.